The Morgan fingerprint density at radius 2 is 1.14 bits per heavy atom. The Kier molecular flexibility index (Phi) is 3.36. The Labute approximate surface area is 125 Å². The summed E-state index contributed by atoms with van der Waals surface area (Å²) < 4.78 is 5.65. The Bertz CT molecular complexity index is 722. The van der Waals surface area contributed by atoms with Gasteiger partial charge in [0.2, 0.25) is 0 Å². The van der Waals surface area contributed by atoms with Crippen molar-refractivity contribution in [3.05, 3.63) is 59.7 Å². The molecule has 3 aromatic rings. The van der Waals surface area contributed by atoms with Gasteiger partial charge in [0, 0.05) is 13.2 Å². The third-order valence-corrected chi connectivity index (χ3v) is 4.49. The summed E-state index contributed by atoms with van der Waals surface area (Å²) in [4.78, 5) is 0. The van der Waals surface area contributed by atoms with Gasteiger partial charge in [0.25, 0.3) is 0 Å². The van der Waals surface area contributed by atoms with E-state index in [4.69, 9.17) is 4.74 Å². The molecule has 1 nitrogen and oxygen atoms in total. The smallest absolute Gasteiger partial charge is 0.0469 e. The summed E-state index contributed by atoms with van der Waals surface area (Å²) in [5.41, 5.74) is 3.03. The van der Waals surface area contributed by atoms with Crippen LogP contribution in [0, 0.1) is 0 Å². The lowest BCUT2D eigenvalue weighted by Gasteiger charge is -2.11. The van der Waals surface area contributed by atoms with Crippen LogP contribution in [0.2, 0.25) is 0 Å². The van der Waals surface area contributed by atoms with Crippen LogP contribution in [0.3, 0.4) is 0 Å². The third-order valence-electron chi connectivity index (χ3n) is 4.49. The minimum Gasteiger partial charge on any atom is -0.381 e. The first-order chi connectivity index (χ1) is 10.4. The monoisotopic (exact) mass is 276 g/mol. The number of hydrogen-bond donors (Lipinski definition) is 0. The van der Waals surface area contributed by atoms with Crippen molar-refractivity contribution >= 4 is 21.5 Å². The largest absolute Gasteiger partial charge is 0.381 e. The molecule has 0 aliphatic carbocycles. The van der Waals surface area contributed by atoms with Crippen molar-refractivity contribution in [1.82, 2.24) is 0 Å². The van der Waals surface area contributed by atoms with Gasteiger partial charge in [-0.1, -0.05) is 36.4 Å². The van der Waals surface area contributed by atoms with Crippen LogP contribution in [0.15, 0.2) is 48.5 Å². The van der Waals surface area contributed by atoms with E-state index >= 15 is 0 Å². The standard InChI is InChI=1S/C20H20O/c1-2-6-16-12-20-14-18-8-4-10-21-9-3-7-17(18)13-19(20)11-15(16)5-1/h1-2,5-6,11-14H,3-4,7-10H2. The highest BCUT2D eigenvalue weighted by atomic mass is 16.5. The van der Waals surface area contributed by atoms with Gasteiger partial charge >= 0.3 is 0 Å². The normalized spacial score (nSPS) is 16.2. The first-order valence-corrected chi connectivity index (χ1v) is 7.92. The lowest BCUT2D eigenvalue weighted by atomic mass is 9.94. The first-order valence-electron chi connectivity index (χ1n) is 7.92. The molecule has 1 aliphatic rings. The van der Waals surface area contributed by atoms with Crippen molar-refractivity contribution < 1.29 is 4.74 Å². The lowest BCUT2D eigenvalue weighted by molar-refractivity contribution is 0.131. The van der Waals surface area contributed by atoms with Crippen molar-refractivity contribution in [2.24, 2.45) is 0 Å². The topological polar surface area (TPSA) is 9.23 Å². The molecule has 0 saturated heterocycles. The highest BCUT2D eigenvalue weighted by Crippen LogP contribution is 2.27. The number of hydrogen-bond acceptors (Lipinski definition) is 1. The van der Waals surface area contributed by atoms with Crippen LogP contribution < -0.4 is 0 Å². The molecule has 3 aromatic carbocycles. The second-order valence-electron chi connectivity index (χ2n) is 5.99. The van der Waals surface area contributed by atoms with Gasteiger partial charge in [-0.2, -0.15) is 0 Å². The van der Waals surface area contributed by atoms with E-state index in [9.17, 15) is 0 Å². The van der Waals surface area contributed by atoms with Gasteiger partial charge in [-0.15, -0.1) is 0 Å². The summed E-state index contributed by atoms with van der Waals surface area (Å²) in [6.45, 7) is 1.80. The zero-order valence-electron chi connectivity index (χ0n) is 12.3. The number of aryl methyl sites for hydroxylation is 2. The van der Waals surface area contributed by atoms with E-state index in [0.717, 1.165) is 38.9 Å². The molecule has 0 radical (unpaired) electrons. The minimum absolute atomic E-state index is 0.898. The van der Waals surface area contributed by atoms with Gasteiger partial charge < -0.3 is 4.74 Å². The molecule has 0 unspecified atom stereocenters. The maximum atomic E-state index is 5.65. The second kappa shape index (κ2) is 5.50. The maximum Gasteiger partial charge on any atom is 0.0469 e. The predicted octanol–water partition coefficient (Wildman–Crippen LogP) is 4.89. The fourth-order valence-corrected chi connectivity index (χ4v) is 3.38. The summed E-state index contributed by atoms with van der Waals surface area (Å²) in [7, 11) is 0. The van der Waals surface area contributed by atoms with E-state index < -0.39 is 0 Å². The van der Waals surface area contributed by atoms with Crippen LogP contribution in [0.4, 0.5) is 0 Å². The van der Waals surface area contributed by atoms with E-state index in [0.29, 0.717) is 0 Å². The molecule has 0 bridgehead atoms. The third kappa shape index (κ3) is 2.54. The zero-order chi connectivity index (χ0) is 14.1. The van der Waals surface area contributed by atoms with Crippen LogP contribution in [0.25, 0.3) is 21.5 Å². The average Bonchev–Trinajstić information content (AvgIpc) is 2.62. The molecule has 0 amide bonds. The Morgan fingerprint density at radius 3 is 1.67 bits per heavy atom. The van der Waals surface area contributed by atoms with E-state index in [1.807, 2.05) is 0 Å². The van der Waals surface area contributed by atoms with Gasteiger partial charge in [-0.05, 0) is 70.5 Å². The Hall–Kier alpha value is -1.86. The van der Waals surface area contributed by atoms with Gasteiger partial charge in [0.1, 0.15) is 0 Å². The summed E-state index contributed by atoms with van der Waals surface area (Å²) in [6, 6.07) is 18.1. The highest BCUT2D eigenvalue weighted by molar-refractivity contribution is 5.98. The van der Waals surface area contributed by atoms with Crippen LogP contribution in [-0.4, -0.2) is 13.2 Å². The van der Waals surface area contributed by atoms with Gasteiger partial charge in [0.05, 0.1) is 0 Å². The van der Waals surface area contributed by atoms with Gasteiger partial charge in [-0.3, -0.25) is 0 Å². The molecular weight excluding hydrogens is 256 g/mol. The van der Waals surface area contributed by atoms with Gasteiger partial charge in [0.15, 0.2) is 0 Å². The predicted molar refractivity (Wildman–Crippen MR) is 88.9 cm³/mol. The molecule has 1 aliphatic heterocycles. The first kappa shape index (κ1) is 12.8. The molecule has 0 atom stereocenters. The quantitative estimate of drug-likeness (QED) is 0.531. The second-order valence-corrected chi connectivity index (χ2v) is 5.99. The van der Waals surface area contributed by atoms with Crippen molar-refractivity contribution in [2.45, 2.75) is 25.7 Å². The highest BCUT2D eigenvalue weighted by Gasteiger charge is 2.08. The number of fused-ring (bicyclic) bond motifs is 3. The molecule has 106 valence electrons. The summed E-state index contributed by atoms with van der Waals surface area (Å²) in [6.07, 6.45) is 4.54. The molecule has 1 heteroatoms. The minimum atomic E-state index is 0.898. The Morgan fingerprint density at radius 1 is 0.619 bits per heavy atom. The van der Waals surface area contributed by atoms with Gasteiger partial charge in [-0.25, -0.2) is 0 Å². The summed E-state index contributed by atoms with van der Waals surface area (Å²) in [5.74, 6) is 0. The van der Waals surface area contributed by atoms with Crippen LogP contribution in [0.1, 0.15) is 24.0 Å². The molecular formula is C20H20O. The molecule has 0 fully saturated rings. The summed E-state index contributed by atoms with van der Waals surface area (Å²) >= 11 is 0. The van der Waals surface area contributed by atoms with Crippen LogP contribution >= 0.6 is 0 Å². The molecule has 21 heavy (non-hydrogen) atoms. The number of rotatable bonds is 0. The van der Waals surface area contributed by atoms with E-state index in [-0.39, 0.29) is 0 Å². The van der Waals surface area contributed by atoms with Crippen LogP contribution in [0.5, 0.6) is 0 Å². The van der Waals surface area contributed by atoms with Crippen molar-refractivity contribution in [1.29, 1.82) is 0 Å². The molecule has 0 N–H and O–H groups in total. The fraction of sp³-hybridized carbons (Fsp3) is 0.300. The van der Waals surface area contributed by atoms with Crippen molar-refractivity contribution in [2.75, 3.05) is 13.2 Å². The molecule has 0 saturated carbocycles. The Balaban J connectivity index is 1.89. The lowest BCUT2D eigenvalue weighted by Crippen LogP contribution is -1.96. The van der Waals surface area contributed by atoms with Crippen LogP contribution in [-0.2, 0) is 17.6 Å². The fourth-order valence-electron chi connectivity index (χ4n) is 3.38. The van der Waals surface area contributed by atoms with E-state index in [1.165, 1.54) is 32.7 Å². The number of benzene rings is 3. The summed E-state index contributed by atoms with van der Waals surface area (Å²) in [5, 5.41) is 5.40. The SMILES string of the molecule is c1ccc2cc3cc4c(cc3cc2c1)CCCOCCC4. The van der Waals surface area contributed by atoms with E-state index in [2.05, 4.69) is 48.5 Å². The maximum absolute atomic E-state index is 5.65. The molecule has 1 heterocycles. The molecule has 4 rings (SSSR count). The van der Waals surface area contributed by atoms with Crippen molar-refractivity contribution in [3.63, 3.8) is 0 Å². The zero-order valence-corrected chi connectivity index (χ0v) is 12.3. The van der Waals surface area contributed by atoms with Crippen molar-refractivity contribution in [3.8, 4) is 0 Å². The molecule has 0 aromatic heterocycles. The van der Waals surface area contributed by atoms with E-state index in [1.54, 1.807) is 0 Å². The average molecular weight is 276 g/mol. The molecule has 0 spiro atoms. The number of ether oxygens (including phenoxy) is 1.